The zero-order valence-corrected chi connectivity index (χ0v) is 15.6. The standard InChI is InChI=1S/C18H28N2O4/c1-12-13(9-8-10-14(12)19)11-20(15(21)23-17(2,3)4)16(22)24-18(5,6)7/h8-10H,11,19H2,1-7H3. The maximum Gasteiger partial charge on any atom is 0.420 e. The highest BCUT2D eigenvalue weighted by molar-refractivity contribution is 5.88. The van der Waals surface area contributed by atoms with Crippen LogP contribution in [0.15, 0.2) is 18.2 Å². The molecule has 0 atom stereocenters. The molecule has 2 amide bonds. The van der Waals surface area contributed by atoms with E-state index in [1.165, 1.54) is 0 Å². The third-order valence-electron chi connectivity index (χ3n) is 3.04. The highest BCUT2D eigenvalue weighted by Gasteiger charge is 2.31. The fourth-order valence-corrected chi connectivity index (χ4v) is 1.88. The van der Waals surface area contributed by atoms with Crippen molar-refractivity contribution < 1.29 is 19.1 Å². The number of carbonyl (C=O) groups is 2. The van der Waals surface area contributed by atoms with Crippen LogP contribution in [0.25, 0.3) is 0 Å². The van der Waals surface area contributed by atoms with E-state index < -0.39 is 23.4 Å². The number of ether oxygens (including phenoxy) is 2. The van der Waals surface area contributed by atoms with Gasteiger partial charge >= 0.3 is 12.2 Å². The smallest absolute Gasteiger partial charge is 0.420 e. The third-order valence-corrected chi connectivity index (χ3v) is 3.04. The van der Waals surface area contributed by atoms with E-state index in [1.807, 2.05) is 13.0 Å². The first-order chi connectivity index (χ1) is 10.8. The van der Waals surface area contributed by atoms with Crippen molar-refractivity contribution in [2.75, 3.05) is 5.73 Å². The van der Waals surface area contributed by atoms with Crippen molar-refractivity contribution in [2.45, 2.75) is 66.2 Å². The Morgan fingerprint density at radius 1 is 1.00 bits per heavy atom. The molecular weight excluding hydrogens is 308 g/mol. The molecule has 0 radical (unpaired) electrons. The van der Waals surface area contributed by atoms with E-state index in [9.17, 15) is 9.59 Å². The summed E-state index contributed by atoms with van der Waals surface area (Å²) in [6.07, 6.45) is -1.50. The van der Waals surface area contributed by atoms with Crippen molar-refractivity contribution in [1.29, 1.82) is 0 Å². The van der Waals surface area contributed by atoms with Gasteiger partial charge < -0.3 is 15.2 Å². The van der Waals surface area contributed by atoms with E-state index in [0.717, 1.165) is 16.0 Å². The van der Waals surface area contributed by atoms with Crippen LogP contribution >= 0.6 is 0 Å². The molecule has 0 aliphatic carbocycles. The molecule has 24 heavy (non-hydrogen) atoms. The zero-order chi connectivity index (χ0) is 18.7. The summed E-state index contributed by atoms with van der Waals surface area (Å²) < 4.78 is 10.7. The Balaban J connectivity index is 3.11. The van der Waals surface area contributed by atoms with Gasteiger partial charge in [-0.3, -0.25) is 0 Å². The molecule has 0 saturated heterocycles. The van der Waals surface area contributed by atoms with Gasteiger partial charge in [0.25, 0.3) is 0 Å². The summed E-state index contributed by atoms with van der Waals surface area (Å²) in [5.41, 5.74) is 6.63. The Kier molecular flexibility index (Phi) is 5.87. The highest BCUT2D eigenvalue weighted by atomic mass is 16.6. The number of hydrogen-bond donors (Lipinski definition) is 1. The largest absolute Gasteiger partial charge is 0.443 e. The molecule has 6 heteroatoms. The predicted molar refractivity (Wildman–Crippen MR) is 93.6 cm³/mol. The number of hydrogen-bond acceptors (Lipinski definition) is 5. The van der Waals surface area contributed by atoms with Crippen molar-refractivity contribution in [3.05, 3.63) is 29.3 Å². The molecule has 134 valence electrons. The first kappa shape index (κ1) is 19.8. The lowest BCUT2D eigenvalue weighted by Gasteiger charge is -2.29. The molecule has 0 fully saturated rings. The van der Waals surface area contributed by atoms with Gasteiger partial charge in [0, 0.05) is 5.69 Å². The quantitative estimate of drug-likeness (QED) is 0.816. The van der Waals surface area contributed by atoms with Crippen LogP contribution in [0.3, 0.4) is 0 Å². The number of carbonyl (C=O) groups excluding carboxylic acids is 2. The fourth-order valence-electron chi connectivity index (χ4n) is 1.88. The number of anilines is 1. The van der Waals surface area contributed by atoms with E-state index in [4.69, 9.17) is 15.2 Å². The van der Waals surface area contributed by atoms with Gasteiger partial charge in [-0.1, -0.05) is 12.1 Å². The van der Waals surface area contributed by atoms with Crippen molar-refractivity contribution in [3.63, 3.8) is 0 Å². The number of amides is 2. The van der Waals surface area contributed by atoms with Crippen LogP contribution in [-0.4, -0.2) is 28.3 Å². The minimum absolute atomic E-state index is 0.0285. The molecule has 0 unspecified atom stereocenters. The summed E-state index contributed by atoms with van der Waals surface area (Å²) >= 11 is 0. The molecule has 2 N–H and O–H groups in total. The fraction of sp³-hybridized carbons (Fsp3) is 0.556. The minimum atomic E-state index is -0.751. The van der Waals surface area contributed by atoms with Gasteiger partial charge in [0.1, 0.15) is 11.2 Å². The second-order valence-electron chi connectivity index (χ2n) is 7.68. The normalized spacial score (nSPS) is 11.8. The van der Waals surface area contributed by atoms with Crippen LogP contribution in [0.5, 0.6) is 0 Å². The van der Waals surface area contributed by atoms with Gasteiger partial charge in [0.05, 0.1) is 6.54 Å². The number of nitrogens with zero attached hydrogens (tertiary/aromatic N) is 1. The average Bonchev–Trinajstić information content (AvgIpc) is 2.36. The summed E-state index contributed by atoms with van der Waals surface area (Å²) in [5.74, 6) is 0. The second-order valence-corrected chi connectivity index (χ2v) is 7.68. The number of nitrogens with two attached hydrogens (primary N) is 1. The maximum atomic E-state index is 12.5. The topological polar surface area (TPSA) is 81.9 Å². The van der Waals surface area contributed by atoms with E-state index in [-0.39, 0.29) is 6.54 Å². The lowest BCUT2D eigenvalue weighted by atomic mass is 10.1. The maximum absolute atomic E-state index is 12.5. The van der Waals surface area contributed by atoms with Gasteiger partial charge in [-0.25, -0.2) is 14.5 Å². The monoisotopic (exact) mass is 336 g/mol. The van der Waals surface area contributed by atoms with Crippen LogP contribution in [0.1, 0.15) is 52.7 Å². The van der Waals surface area contributed by atoms with Gasteiger partial charge in [0.2, 0.25) is 0 Å². The van der Waals surface area contributed by atoms with E-state index >= 15 is 0 Å². The number of rotatable bonds is 2. The van der Waals surface area contributed by atoms with Crippen LogP contribution in [0.2, 0.25) is 0 Å². The average molecular weight is 336 g/mol. The summed E-state index contributed by atoms with van der Waals surface area (Å²) in [5, 5.41) is 0. The molecule has 0 bridgehead atoms. The third kappa shape index (κ3) is 6.10. The number of imide groups is 1. The SMILES string of the molecule is Cc1c(N)cccc1CN(C(=O)OC(C)(C)C)C(=O)OC(C)(C)C. The van der Waals surface area contributed by atoms with Gasteiger partial charge in [-0.05, 0) is 65.7 Å². The zero-order valence-electron chi connectivity index (χ0n) is 15.6. The summed E-state index contributed by atoms with van der Waals surface area (Å²) in [6.45, 7) is 12.3. The van der Waals surface area contributed by atoms with Gasteiger partial charge in [-0.15, -0.1) is 0 Å². The molecule has 1 rings (SSSR count). The summed E-state index contributed by atoms with van der Waals surface area (Å²) in [7, 11) is 0. The van der Waals surface area contributed by atoms with Gasteiger partial charge in [0.15, 0.2) is 0 Å². The van der Waals surface area contributed by atoms with E-state index in [0.29, 0.717) is 5.69 Å². The molecule has 0 aliphatic heterocycles. The van der Waals surface area contributed by atoms with E-state index in [1.54, 1.807) is 53.7 Å². The first-order valence-corrected chi connectivity index (χ1v) is 7.87. The molecule has 1 aromatic carbocycles. The van der Waals surface area contributed by atoms with Crippen LogP contribution in [0.4, 0.5) is 15.3 Å². The van der Waals surface area contributed by atoms with Gasteiger partial charge in [-0.2, -0.15) is 0 Å². The molecule has 0 heterocycles. The van der Waals surface area contributed by atoms with E-state index in [2.05, 4.69) is 0 Å². The van der Waals surface area contributed by atoms with Crippen molar-refractivity contribution in [1.82, 2.24) is 4.90 Å². The Labute approximate surface area is 143 Å². The minimum Gasteiger partial charge on any atom is -0.443 e. The molecule has 0 aliphatic rings. The van der Waals surface area contributed by atoms with Crippen molar-refractivity contribution in [3.8, 4) is 0 Å². The molecular formula is C18H28N2O4. The van der Waals surface area contributed by atoms with Crippen molar-refractivity contribution in [2.24, 2.45) is 0 Å². The van der Waals surface area contributed by atoms with Crippen LogP contribution in [-0.2, 0) is 16.0 Å². The molecule has 6 nitrogen and oxygen atoms in total. The molecule has 0 spiro atoms. The molecule has 0 aromatic heterocycles. The first-order valence-electron chi connectivity index (χ1n) is 7.87. The Hall–Kier alpha value is -2.24. The lowest BCUT2D eigenvalue weighted by molar-refractivity contribution is -0.000263. The highest BCUT2D eigenvalue weighted by Crippen LogP contribution is 2.21. The second kappa shape index (κ2) is 7.11. The summed E-state index contributed by atoms with van der Waals surface area (Å²) in [6, 6.07) is 5.36. The lowest BCUT2D eigenvalue weighted by Crippen LogP contribution is -2.43. The number of nitrogen functional groups attached to an aromatic ring is 1. The van der Waals surface area contributed by atoms with Crippen LogP contribution in [0, 0.1) is 6.92 Å². The number of benzene rings is 1. The molecule has 1 aromatic rings. The van der Waals surface area contributed by atoms with Crippen molar-refractivity contribution >= 4 is 17.9 Å². The molecule has 0 saturated carbocycles. The summed E-state index contributed by atoms with van der Waals surface area (Å²) in [4.78, 5) is 25.9. The Morgan fingerprint density at radius 2 is 1.46 bits per heavy atom. The van der Waals surface area contributed by atoms with Crippen LogP contribution < -0.4 is 5.73 Å². The predicted octanol–water partition coefficient (Wildman–Crippen LogP) is 4.25. The Morgan fingerprint density at radius 3 is 1.88 bits per heavy atom. The Bertz CT molecular complexity index is 584.